The largest absolute Gasteiger partial charge is 0.481 e. The number of rotatable bonds is 2. The zero-order valence-electron chi connectivity index (χ0n) is 7.69. The second kappa shape index (κ2) is 6.57. The van der Waals surface area contributed by atoms with Crippen molar-refractivity contribution in [1.29, 1.82) is 0 Å². The molecule has 1 rings (SSSR count). The second-order valence-corrected chi connectivity index (χ2v) is 2.64. The number of aliphatic carboxylic acids is 1. The number of aryl methyl sites for hydroxylation is 1. The highest BCUT2D eigenvalue weighted by molar-refractivity contribution is 5.70. The molecule has 0 spiro atoms. The molecule has 4 heteroatoms. The molecule has 1 aromatic rings. The van der Waals surface area contributed by atoms with Crippen molar-refractivity contribution in [1.82, 2.24) is 0 Å². The van der Waals surface area contributed by atoms with E-state index in [1.807, 2.05) is 31.2 Å². The minimum atomic E-state index is -0.782. The summed E-state index contributed by atoms with van der Waals surface area (Å²) in [6.07, 6.45) is 0.363. The minimum Gasteiger partial charge on any atom is -0.481 e. The van der Waals surface area contributed by atoms with Crippen LogP contribution >= 0.6 is 0 Å². The fourth-order valence-corrected chi connectivity index (χ4v) is 0.997. The van der Waals surface area contributed by atoms with Crippen LogP contribution in [0.1, 0.15) is 11.1 Å². The quantitative estimate of drug-likeness (QED) is 0.763. The van der Waals surface area contributed by atoms with Gasteiger partial charge in [-0.25, -0.2) is 0 Å². The number of carboxylic acid groups (broad SMARTS) is 1. The number of carbonyl (C=O) groups excluding carboxylic acids is 2. The topological polar surface area (TPSA) is 71.4 Å². The van der Waals surface area contributed by atoms with Gasteiger partial charge >= 0.3 is 12.1 Å². The summed E-state index contributed by atoms with van der Waals surface area (Å²) in [5, 5.41) is 8.46. The Morgan fingerprint density at radius 3 is 2.43 bits per heavy atom. The molecule has 0 aliphatic heterocycles. The predicted octanol–water partition coefficient (Wildman–Crippen LogP) is 1.04. The highest BCUT2D eigenvalue weighted by Gasteiger charge is 1.98. The molecule has 0 aliphatic rings. The van der Waals surface area contributed by atoms with Gasteiger partial charge in [0, 0.05) is 0 Å². The zero-order chi connectivity index (χ0) is 11.0. The summed E-state index contributed by atoms with van der Waals surface area (Å²) in [4.78, 5) is 26.5. The van der Waals surface area contributed by atoms with Crippen LogP contribution in [-0.2, 0) is 20.8 Å². The van der Waals surface area contributed by atoms with E-state index >= 15 is 0 Å². The Morgan fingerprint density at radius 1 is 1.43 bits per heavy atom. The van der Waals surface area contributed by atoms with Crippen LogP contribution in [0.25, 0.3) is 0 Å². The van der Waals surface area contributed by atoms with Crippen LogP contribution in [0.3, 0.4) is 0 Å². The third kappa shape index (κ3) is 5.69. The summed E-state index contributed by atoms with van der Waals surface area (Å²) in [5.74, 6) is -0.782. The van der Waals surface area contributed by atoms with Crippen molar-refractivity contribution in [2.75, 3.05) is 0 Å². The summed E-state index contributed by atoms with van der Waals surface area (Å²) in [5.41, 5.74) is 1.96. The lowest BCUT2D eigenvalue weighted by Gasteiger charge is -1.96. The van der Waals surface area contributed by atoms with Crippen molar-refractivity contribution in [2.45, 2.75) is 13.3 Å². The molecule has 0 fully saturated rings. The summed E-state index contributed by atoms with van der Waals surface area (Å²) in [6, 6.07) is 7.52. The van der Waals surface area contributed by atoms with Crippen LogP contribution in [0, 0.1) is 6.92 Å². The molecule has 0 amide bonds. The van der Waals surface area contributed by atoms with E-state index in [1.54, 1.807) is 0 Å². The molecular weight excluding hydrogens is 184 g/mol. The Balaban J connectivity index is 0.000000500. The van der Waals surface area contributed by atoms with E-state index < -0.39 is 5.97 Å². The molecule has 1 N–H and O–H groups in total. The minimum absolute atomic E-state index is 0.113. The third-order valence-electron chi connectivity index (χ3n) is 1.44. The summed E-state index contributed by atoms with van der Waals surface area (Å²) in [7, 11) is 0. The molecule has 4 nitrogen and oxygen atoms in total. The number of carboxylic acids is 1. The summed E-state index contributed by atoms with van der Waals surface area (Å²) < 4.78 is 0. The molecule has 0 bridgehead atoms. The Bertz CT molecular complexity index is 338. The first-order chi connectivity index (χ1) is 6.60. The van der Waals surface area contributed by atoms with Crippen LogP contribution in [-0.4, -0.2) is 17.2 Å². The van der Waals surface area contributed by atoms with E-state index in [-0.39, 0.29) is 12.6 Å². The van der Waals surface area contributed by atoms with Gasteiger partial charge in [0.15, 0.2) is 0 Å². The number of hydrogen-bond acceptors (Lipinski definition) is 3. The van der Waals surface area contributed by atoms with Gasteiger partial charge in [-0.1, -0.05) is 29.8 Å². The average molecular weight is 194 g/mol. The van der Waals surface area contributed by atoms with Gasteiger partial charge in [0.1, 0.15) is 0 Å². The first-order valence-electron chi connectivity index (χ1n) is 3.86. The monoisotopic (exact) mass is 194 g/mol. The van der Waals surface area contributed by atoms with Crippen molar-refractivity contribution in [3.05, 3.63) is 35.4 Å². The lowest BCUT2D eigenvalue weighted by molar-refractivity contribution is -0.191. The molecule has 0 radical (unpaired) electrons. The van der Waals surface area contributed by atoms with Crippen LogP contribution in [0.4, 0.5) is 0 Å². The maximum Gasteiger partial charge on any atom is 0.373 e. The van der Waals surface area contributed by atoms with Gasteiger partial charge in [0.25, 0.3) is 0 Å². The molecule has 0 saturated carbocycles. The Hall–Kier alpha value is -1.93. The zero-order valence-corrected chi connectivity index (χ0v) is 7.69. The van der Waals surface area contributed by atoms with E-state index in [9.17, 15) is 4.79 Å². The van der Waals surface area contributed by atoms with Crippen molar-refractivity contribution < 1.29 is 19.5 Å². The molecule has 0 aliphatic carbocycles. The molecule has 0 unspecified atom stereocenters. The van der Waals surface area contributed by atoms with Gasteiger partial charge in [-0.3, -0.25) is 4.79 Å². The van der Waals surface area contributed by atoms with E-state index in [0.717, 1.165) is 11.1 Å². The highest BCUT2D eigenvalue weighted by atomic mass is 16.4. The van der Waals surface area contributed by atoms with Gasteiger partial charge in [-0.15, -0.1) is 0 Å². The normalized spacial score (nSPS) is 8.07. The molecule has 0 saturated heterocycles. The van der Waals surface area contributed by atoms with E-state index in [4.69, 9.17) is 14.7 Å². The highest BCUT2D eigenvalue weighted by Crippen LogP contribution is 2.03. The molecule has 0 heterocycles. The maximum absolute atomic E-state index is 10.3. The van der Waals surface area contributed by atoms with E-state index in [1.165, 1.54) is 0 Å². The third-order valence-corrected chi connectivity index (χ3v) is 1.44. The van der Waals surface area contributed by atoms with Crippen molar-refractivity contribution in [3.8, 4) is 0 Å². The standard InChI is InChI=1S/C9H10O2.CO2/c1-7-3-2-4-8(5-7)6-9(10)11;2-1-3/h2-5H,6H2,1H3,(H,10,11);. The number of hydrogen-bond donors (Lipinski definition) is 1. The van der Waals surface area contributed by atoms with Gasteiger partial charge in [0.2, 0.25) is 0 Å². The fraction of sp³-hybridized carbons (Fsp3) is 0.200. The van der Waals surface area contributed by atoms with Gasteiger partial charge in [-0.2, -0.15) is 9.59 Å². The van der Waals surface area contributed by atoms with Crippen molar-refractivity contribution in [3.63, 3.8) is 0 Å². The molecule has 0 aromatic heterocycles. The van der Waals surface area contributed by atoms with Crippen LogP contribution in [0.2, 0.25) is 0 Å². The smallest absolute Gasteiger partial charge is 0.373 e. The average Bonchev–Trinajstić information content (AvgIpc) is 2.03. The van der Waals surface area contributed by atoms with Crippen molar-refractivity contribution >= 4 is 12.1 Å². The molecule has 14 heavy (non-hydrogen) atoms. The lowest BCUT2D eigenvalue weighted by atomic mass is 10.1. The maximum atomic E-state index is 10.3. The predicted molar refractivity (Wildman–Crippen MR) is 47.5 cm³/mol. The van der Waals surface area contributed by atoms with Gasteiger partial charge in [0.05, 0.1) is 6.42 Å². The summed E-state index contributed by atoms with van der Waals surface area (Å²) >= 11 is 0. The number of benzene rings is 1. The van der Waals surface area contributed by atoms with Crippen LogP contribution in [0.15, 0.2) is 24.3 Å². The van der Waals surface area contributed by atoms with Gasteiger partial charge < -0.3 is 5.11 Å². The Kier molecular flexibility index (Phi) is 5.67. The van der Waals surface area contributed by atoms with Crippen LogP contribution in [0.5, 0.6) is 0 Å². The number of carbonyl (C=O) groups is 1. The first-order valence-corrected chi connectivity index (χ1v) is 3.86. The Labute approximate surface area is 81.2 Å². The fourth-order valence-electron chi connectivity index (χ4n) is 0.997. The first kappa shape index (κ1) is 12.1. The lowest BCUT2D eigenvalue weighted by Crippen LogP contribution is -1.99. The SMILES string of the molecule is Cc1cccc(CC(=O)O)c1.O=C=O. The molecule has 1 aromatic carbocycles. The van der Waals surface area contributed by atoms with E-state index in [2.05, 4.69) is 0 Å². The van der Waals surface area contributed by atoms with E-state index in [0.29, 0.717) is 0 Å². The second-order valence-electron chi connectivity index (χ2n) is 2.64. The summed E-state index contributed by atoms with van der Waals surface area (Å²) in [6.45, 7) is 1.95. The van der Waals surface area contributed by atoms with Crippen LogP contribution < -0.4 is 0 Å². The van der Waals surface area contributed by atoms with Gasteiger partial charge in [-0.05, 0) is 12.5 Å². The Morgan fingerprint density at radius 2 is 2.00 bits per heavy atom. The molecular formula is C10H10O4. The van der Waals surface area contributed by atoms with Crippen molar-refractivity contribution in [2.24, 2.45) is 0 Å². The molecule has 0 atom stereocenters. The molecule has 74 valence electrons.